The summed E-state index contributed by atoms with van der Waals surface area (Å²) in [6.07, 6.45) is 4.61. The first-order chi connectivity index (χ1) is 10.6. The Morgan fingerprint density at radius 2 is 2.23 bits per heavy atom. The van der Waals surface area contributed by atoms with Gasteiger partial charge in [-0.05, 0) is 30.9 Å². The van der Waals surface area contributed by atoms with Crippen molar-refractivity contribution in [2.75, 3.05) is 5.32 Å². The minimum absolute atomic E-state index is 0.236. The molecule has 1 aromatic heterocycles. The third-order valence-corrected chi connectivity index (χ3v) is 5.23. The van der Waals surface area contributed by atoms with Crippen LogP contribution in [-0.2, 0) is 11.2 Å². The largest absolute Gasteiger partial charge is 0.301 e. The van der Waals surface area contributed by atoms with E-state index in [1.165, 1.54) is 11.3 Å². The van der Waals surface area contributed by atoms with E-state index in [4.69, 9.17) is 11.6 Å². The van der Waals surface area contributed by atoms with Gasteiger partial charge in [-0.1, -0.05) is 29.8 Å². The molecule has 1 heterocycles. The average molecular weight is 332 g/mol. The number of nitriles is 1. The van der Waals surface area contributed by atoms with Crippen LogP contribution in [0.5, 0.6) is 0 Å². The molecule has 1 aromatic carbocycles. The van der Waals surface area contributed by atoms with Gasteiger partial charge in [-0.15, -0.1) is 11.3 Å². The molecule has 0 aliphatic heterocycles. The van der Waals surface area contributed by atoms with Crippen molar-refractivity contribution in [1.82, 2.24) is 4.98 Å². The van der Waals surface area contributed by atoms with Gasteiger partial charge in [0.25, 0.3) is 0 Å². The standard InChI is InChI=1S/C16H14ClN3OS/c17-13-5-2-1-4-11(13)8-12-9-19-15(22-12)20-14(21)16(10-18)6-3-7-16/h1-2,4-5,9H,3,6-8H2,(H,19,20,21). The van der Waals surface area contributed by atoms with E-state index in [0.29, 0.717) is 24.4 Å². The number of benzene rings is 1. The Morgan fingerprint density at radius 3 is 2.86 bits per heavy atom. The van der Waals surface area contributed by atoms with Crippen LogP contribution in [0.2, 0.25) is 5.02 Å². The van der Waals surface area contributed by atoms with Gasteiger partial charge in [-0.3, -0.25) is 4.79 Å². The topological polar surface area (TPSA) is 65.8 Å². The van der Waals surface area contributed by atoms with E-state index in [-0.39, 0.29) is 5.91 Å². The molecule has 0 radical (unpaired) electrons. The second-order valence-corrected chi connectivity index (χ2v) is 6.92. The third-order valence-electron chi connectivity index (χ3n) is 3.95. The molecule has 1 fully saturated rings. The van der Waals surface area contributed by atoms with Crippen molar-refractivity contribution in [3.8, 4) is 6.07 Å². The van der Waals surface area contributed by atoms with Crippen molar-refractivity contribution >= 4 is 34.0 Å². The molecule has 1 N–H and O–H groups in total. The van der Waals surface area contributed by atoms with E-state index >= 15 is 0 Å². The SMILES string of the molecule is N#CC1(C(=O)Nc2ncc(Cc3ccccc3Cl)s2)CCC1. The highest BCUT2D eigenvalue weighted by atomic mass is 35.5. The molecule has 2 aromatic rings. The number of rotatable bonds is 4. The van der Waals surface area contributed by atoms with Crippen LogP contribution >= 0.6 is 22.9 Å². The van der Waals surface area contributed by atoms with Crippen LogP contribution < -0.4 is 5.32 Å². The number of carbonyl (C=O) groups is 1. The Morgan fingerprint density at radius 1 is 1.45 bits per heavy atom. The van der Waals surface area contributed by atoms with Gasteiger partial charge in [-0.2, -0.15) is 5.26 Å². The molecule has 0 atom stereocenters. The predicted octanol–water partition coefficient (Wildman–Crippen LogP) is 4.02. The Hall–Kier alpha value is -1.90. The number of nitrogens with one attached hydrogen (secondary N) is 1. The van der Waals surface area contributed by atoms with Crippen LogP contribution in [0, 0.1) is 16.7 Å². The minimum Gasteiger partial charge on any atom is -0.301 e. The molecule has 4 nitrogen and oxygen atoms in total. The van der Waals surface area contributed by atoms with E-state index in [9.17, 15) is 10.1 Å². The maximum atomic E-state index is 12.2. The fourth-order valence-electron chi connectivity index (χ4n) is 2.41. The van der Waals surface area contributed by atoms with Gasteiger partial charge in [0.1, 0.15) is 5.41 Å². The minimum atomic E-state index is -0.853. The molecule has 1 aliphatic carbocycles. The second-order valence-electron chi connectivity index (χ2n) is 5.40. The van der Waals surface area contributed by atoms with Crippen LogP contribution in [0.25, 0.3) is 0 Å². The van der Waals surface area contributed by atoms with Gasteiger partial charge in [0, 0.05) is 22.5 Å². The van der Waals surface area contributed by atoms with Crippen LogP contribution in [0.1, 0.15) is 29.7 Å². The Balaban J connectivity index is 1.68. The van der Waals surface area contributed by atoms with Gasteiger partial charge in [0.05, 0.1) is 6.07 Å². The van der Waals surface area contributed by atoms with Crippen LogP contribution in [0.15, 0.2) is 30.5 Å². The zero-order valence-electron chi connectivity index (χ0n) is 11.8. The average Bonchev–Trinajstić information content (AvgIpc) is 2.88. The molecular weight excluding hydrogens is 318 g/mol. The van der Waals surface area contributed by atoms with Gasteiger partial charge < -0.3 is 5.32 Å². The maximum Gasteiger partial charge on any atom is 0.246 e. The zero-order chi connectivity index (χ0) is 15.6. The summed E-state index contributed by atoms with van der Waals surface area (Å²) in [6.45, 7) is 0. The number of nitrogens with zero attached hydrogens (tertiary/aromatic N) is 2. The molecule has 0 spiro atoms. The summed E-state index contributed by atoms with van der Waals surface area (Å²) in [4.78, 5) is 17.4. The van der Waals surface area contributed by atoms with E-state index in [1.807, 2.05) is 24.3 Å². The molecule has 1 amide bonds. The van der Waals surface area contributed by atoms with Crippen molar-refractivity contribution in [2.45, 2.75) is 25.7 Å². The Kier molecular flexibility index (Phi) is 4.14. The van der Waals surface area contributed by atoms with Crippen molar-refractivity contribution < 1.29 is 4.79 Å². The highest BCUT2D eigenvalue weighted by molar-refractivity contribution is 7.15. The monoisotopic (exact) mass is 331 g/mol. The number of aromatic nitrogens is 1. The predicted molar refractivity (Wildman–Crippen MR) is 86.9 cm³/mol. The fourth-order valence-corrected chi connectivity index (χ4v) is 3.45. The highest BCUT2D eigenvalue weighted by Crippen LogP contribution is 2.41. The van der Waals surface area contributed by atoms with Crippen LogP contribution in [0.3, 0.4) is 0 Å². The summed E-state index contributed by atoms with van der Waals surface area (Å²) in [5.41, 5.74) is 0.173. The first-order valence-corrected chi connectivity index (χ1v) is 8.23. The van der Waals surface area contributed by atoms with Crippen LogP contribution in [0.4, 0.5) is 5.13 Å². The van der Waals surface area contributed by atoms with Gasteiger partial charge in [-0.25, -0.2) is 4.98 Å². The Labute approximate surface area is 137 Å². The molecule has 1 saturated carbocycles. The third kappa shape index (κ3) is 2.85. The Bertz CT molecular complexity index is 746. The summed E-state index contributed by atoms with van der Waals surface area (Å²) in [7, 11) is 0. The summed E-state index contributed by atoms with van der Waals surface area (Å²) in [5.74, 6) is -0.236. The molecule has 0 unspecified atom stereocenters. The number of hydrogen-bond donors (Lipinski definition) is 1. The summed E-state index contributed by atoms with van der Waals surface area (Å²) in [5, 5.41) is 13.2. The number of hydrogen-bond acceptors (Lipinski definition) is 4. The highest BCUT2D eigenvalue weighted by Gasteiger charge is 2.44. The lowest BCUT2D eigenvalue weighted by atomic mass is 9.69. The summed E-state index contributed by atoms with van der Waals surface area (Å²) in [6, 6.07) is 9.80. The first-order valence-electron chi connectivity index (χ1n) is 7.04. The number of carbonyl (C=O) groups excluding carboxylic acids is 1. The van der Waals surface area contributed by atoms with Gasteiger partial charge >= 0.3 is 0 Å². The first kappa shape index (κ1) is 15.0. The molecule has 22 heavy (non-hydrogen) atoms. The zero-order valence-corrected chi connectivity index (χ0v) is 13.4. The molecule has 1 aliphatic rings. The normalized spacial score (nSPS) is 15.6. The second kappa shape index (κ2) is 6.07. The molecule has 0 saturated heterocycles. The van der Waals surface area contributed by atoms with Gasteiger partial charge in [0.15, 0.2) is 5.13 Å². The number of amides is 1. The molecular formula is C16H14ClN3OS. The van der Waals surface area contributed by atoms with Crippen molar-refractivity contribution in [3.05, 3.63) is 45.9 Å². The number of halogens is 1. The van der Waals surface area contributed by atoms with E-state index < -0.39 is 5.41 Å². The summed E-state index contributed by atoms with van der Waals surface area (Å²) < 4.78 is 0. The van der Waals surface area contributed by atoms with Gasteiger partial charge in [0.2, 0.25) is 5.91 Å². The lowest BCUT2D eigenvalue weighted by Gasteiger charge is -2.32. The fraction of sp³-hybridized carbons (Fsp3) is 0.312. The summed E-state index contributed by atoms with van der Waals surface area (Å²) >= 11 is 7.56. The molecule has 3 rings (SSSR count). The van der Waals surface area contributed by atoms with E-state index in [2.05, 4.69) is 16.4 Å². The molecule has 112 valence electrons. The van der Waals surface area contributed by atoms with E-state index in [0.717, 1.165) is 21.9 Å². The van der Waals surface area contributed by atoms with Crippen molar-refractivity contribution in [2.24, 2.45) is 5.41 Å². The molecule has 0 bridgehead atoms. The smallest absolute Gasteiger partial charge is 0.246 e. The van der Waals surface area contributed by atoms with E-state index in [1.54, 1.807) is 6.20 Å². The number of thiazole rings is 1. The van der Waals surface area contributed by atoms with Crippen molar-refractivity contribution in [1.29, 1.82) is 5.26 Å². The lowest BCUT2D eigenvalue weighted by molar-refractivity contribution is -0.126. The maximum absolute atomic E-state index is 12.2. The molecule has 6 heteroatoms. The quantitative estimate of drug-likeness (QED) is 0.920. The van der Waals surface area contributed by atoms with Crippen LogP contribution in [-0.4, -0.2) is 10.9 Å². The lowest BCUT2D eigenvalue weighted by Crippen LogP contribution is -2.40. The van der Waals surface area contributed by atoms with Crippen molar-refractivity contribution in [3.63, 3.8) is 0 Å². The number of anilines is 1.